The van der Waals surface area contributed by atoms with Crippen molar-refractivity contribution in [3.8, 4) is 0 Å². The number of nitrogens with two attached hydrogens (primary N) is 1. The second-order valence-corrected chi connectivity index (χ2v) is 12.5. The fraction of sp³-hybridized carbons (Fsp3) is 0.867. The number of ether oxygens (including phenoxy) is 1. The van der Waals surface area contributed by atoms with E-state index in [1.165, 1.54) is 64.3 Å². The summed E-state index contributed by atoms with van der Waals surface area (Å²) < 4.78 is 5.47. The molecule has 0 unspecified atom stereocenters. The summed E-state index contributed by atoms with van der Waals surface area (Å²) in [5.41, 5.74) is 6.20. The lowest BCUT2D eigenvalue weighted by Gasteiger charge is -2.37. The number of nitrogens with one attached hydrogen (secondary N) is 3. The van der Waals surface area contributed by atoms with Crippen LogP contribution in [0.25, 0.3) is 0 Å². The molecule has 2 aliphatic carbocycles. The van der Waals surface area contributed by atoms with E-state index < -0.39 is 0 Å². The van der Waals surface area contributed by atoms with Crippen molar-refractivity contribution >= 4 is 17.6 Å². The number of hydrogen-bond donors (Lipinski definition) is 4. The number of rotatable bonds is 14. The van der Waals surface area contributed by atoms with Crippen molar-refractivity contribution in [3.05, 3.63) is 6.07 Å². The molecule has 5 rings (SSSR count). The number of anilines is 3. The zero-order valence-corrected chi connectivity index (χ0v) is 24.8. The molecule has 10 heteroatoms. The van der Waals surface area contributed by atoms with Gasteiger partial charge in [0.25, 0.3) is 0 Å². The van der Waals surface area contributed by atoms with E-state index in [4.69, 9.17) is 15.5 Å². The highest BCUT2D eigenvalue weighted by atomic mass is 16.5. The van der Waals surface area contributed by atoms with Crippen LogP contribution in [0.5, 0.6) is 0 Å². The van der Waals surface area contributed by atoms with Gasteiger partial charge >= 0.3 is 0 Å². The fourth-order valence-corrected chi connectivity index (χ4v) is 6.83. The van der Waals surface area contributed by atoms with E-state index in [1.807, 2.05) is 6.07 Å². The minimum absolute atomic E-state index is 0.551. The van der Waals surface area contributed by atoms with E-state index >= 15 is 0 Å². The van der Waals surface area contributed by atoms with E-state index in [9.17, 15) is 0 Å². The fourth-order valence-electron chi connectivity index (χ4n) is 6.83. The maximum absolute atomic E-state index is 6.20. The van der Waals surface area contributed by atoms with Gasteiger partial charge in [0.15, 0.2) is 0 Å². The Bertz CT molecular complexity index is 846. The molecule has 4 aliphatic rings. The first-order valence-electron chi connectivity index (χ1n) is 16.3. The van der Waals surface area contributed by atoms with Gasteiger partial charge < -0.3 is 31.3 Å². The number of aromatic nitrogens is 2. The molecule has 0 spiro atoms. The van der Waals surface area contributed by atoms with Crippen LogP contribution in [-0.2, 0) is 4.74 Å². The zero-order chi connectivity index (χ0) is 27.4. The Balaban J connectivity index is 0.948. The van der Waals surface area contributed by atoms with Crippen molar-refractivity contribution < 1.29 is 4.74 Å². The number of nitrogens with zero attached hydrogens (tertiary/aromatic N) is 5. The number of nitrogen functional groups attached to an aromatic ring is 1. The van der Waals surface area contributed by atoms with Crippen LogP contribution in [0.15, 0.2) is 6.07 Å². The summed E-state index contributed by atoms with van der Waals surface area (Å²) in [5.74, 6) is 3.70. The summed E-state index contributed by atoms with van der Waals surface area (Å²) in [5, 5.41) is 11.0. The zero-order valence-electron chi connectivity index (χ0n) is 24.8. The second-order valence-electron chi connectivity index (χ2n) is 12.5. The highest BCUT2D eigenvalue weighted by Crippen LogP contribution is 2.29. The minimum atomic E-state index is 0.551. The molecule has 226 valence electrons. The molecule has 4 fully saturated rings. The first-order chi connectivity index (χ1) is 19.7. The Morgan fingerprint density at radius 3 is 2.20 bits per heavy atom. The summed E-state index contributed by atoms with van der Waals surface area (Å²) in [4.78, 5) is 16.8. The van der Waals surface area contributed by atoms with Crippen LogP contribution < -0.4 is 26.6 Å². The molecule has 10 nitrogen and oxygen atoms in total. The van der Waals surface area contributed by atoms with Crippen molar-refractivity contribution in [1.82, 2.24) is 30.4 Å². The Morgan fingerprint density at radius 2 is 1.48 bits per heavy atom. The third-order valence-electron chi connectivity index (χ3n) is 9.53. The maximum Gasteiger partial charge on any atom is 0.226 e. The third-order valence-corrected chi connectivity index (χ3v) is 9.53. The summed E-state index contributed by atoms with van der Waals surface area (Å²) >= 11 is 0. The predicted octanol–water partition coefficient (Wildman–Crippen LogP) is 2.24. The standard InChI is InChI=1S/C30H55N9O/c31-28-22-29(39-16-14-37(15-17-39)12-13-38-18-20-40-21-19-38)36-30(35-28)34-24-26-8-6-25(7-9-26)23-32-10-3-11-33-27-4-1-2-5-27/h22,25-27,32-33H,1-21,23-24H2,(H3,31,34,35,36). The summed E-state index contributed by atoms with van der Waals surface area (Å²) in [6, 6.07) is 2.72. The van der Waals surface area contributed by atoms with Crippen LogP contribution in [-0.4, -0.2) is 118 Å². The first kappa shape index (κ1) is 29.8. The highest BCUT2D eigenvalue weighted by Gasteiger charge is 2.23. The molecule has 2 saturated heterocycles. The second kappa shape index (κ2) is 16.1. The van der Waals surface area contributed by atoms with Gasteiger partial charge in [-0.3, -0.25) is 9.80 Å². The molecule has 2 aliphatic heterocycles. The molecule has 0 amide bonds. The normalized spacial score (nSPS) is 25.4. The largest absolute Gasteiger partial charge is 0.383 e. The van der Waals surface area contributed by atoms with Gasteiger partial charge in [0, 0.05) is 71.0 Å². The lowest BCUT2D eigenvalue weighted by Crippen LogP contribution is -2.49. The molecular formula is C30H55N9O. The van der Waals surface area contributed by atoms with E-state index in [-0.39, 0.29) is 0 Å². The van der Waals surface area contributed by atoms with Crippen molar-refractivity contribution in [1.29, 1.82) is 0 Å². The highest BCUT2D eigenvalue weighted by molar-refractivity contribution is 5.51. The molecular weight excluding hydrogens is 502 g/mol. The Morgan fingerprint density at radius 1 is 0.800 bits per heavy atom. The topological polar surface area (TPSA) is 107 Å². The van der Waals surface area contributed by atoms with Gasteiger partial charge in [0.1, 0.15) is 11.6 Å². The third kappa shape index (κ3) is 9.69. The summed E-state index contributed by atoms with van der Waals surface area (Å²) in [7, 11) is 0. The van der Waals surface area contributed by atoms with Gasteiger partial charge in [-0.2, -0.15) is 9.97 Å². The van der Waals surface area contributed by atoms with Crippen LogP contribution >= 0.6 is 0 Å². The summed E-state index contributed by atoms with van der Waals surface area (Å²) in [6.07, 6.45) is 12.0. The maximum atomic E-state index is 6.20. The molecule has 2 saturated carbocycles. The number of morpholine rings is 1. The van der Waals surface area contributed by atoms with Crippen LogP contribution in [0.2, 0.25) is 0 Å². The lowest BCUT2D eigenvalue weighted by molar-refractivity contribution is 0.0331. The van der Waals surface area contributed by atoms with Crippen molar-refractivity contribution in [2.24, 2.45) is 11.8 Å². The molecule has 0 aromatic carbocycles. The first-order valence-corrected chi connectivity index (χ1v) is 16.3. The SMILES string of the molecule is Nc1cc(N2CCN(CCN3CCOCC3)CC2)nc(NCC2CCC(CNCCCNC3CCCC3)CC2)n1. The number of hydrogen-bond acceptors (Lipinski definition) is 10. The molecule has 0 atom stereocenters. The monoisotopic (exact) mass is 557 g/mol. The predicted molar refractivity (Wildman–Crippen MR) is 164 cm³/mol. The van der Waals surface area contributed by atoms with Crippen LogP contribution in [0.3, 0.4) is 0 Å². The van der Waals surface area contributed by atoms with E-state index in [1.54, 1.807) is 0 Å². The van der Waals surface area contributed by atoms with Gasteiger partial charge in [-0.05, 0) is 76.4 Å². The molecule has 3 heterocycles. The van der Waals surface area contributed by atoms with Crippen molar-refractivity contribution in [2.75, 3.05) is 108 Å². The number of piperazine rings is 1. The van der Waals surface area contributed by atoms with Gasteiger partial charge in [-0.1, -0.05) is 12.8 Å². The molecule has 0 bridgehead atoms. The van der Waals surface area contributed by atoms with Crippen LogP contribution in [0.1, 0.15) is 57.8 Å². The Hall–Kier alpha value is -1.72. The summed E-state index contributed by atoms with van der Waals surface area (Å²) in [6.45, 7) is 14.6. The van der Waals surface area contributed by atoms with Gasteiger partial charge in [0.2, 0.25) is 5.95 Å². The van der Waals surface area contributed by atoms with Crippen molar-refractivity contribution in [3.63, 3.8) is 0 Å². The minimum Gasteiger partial charge on any atom is -0.383 e. The van der Waals surface area contributed by atoms with E-state index in [2.05, 4.69) is 35.6 Å². The van der Waals surface area contributed by atoms with Gasteiger partial charge in [0.05, 0.1) is 13.2 Å². The van der Waals surface area contributed by atoms with Gasteiger partial charge in [-0.15, -0.1) is 0 Å². The molecule has 1 aromatic rings. The van der Waals surface area contributed by atoms with Crippen LogP contribution in [0.4, 0.5) is 17.6 Å². The average Bonchev–Trinajstić information content (AvgIpc) is 3.52. The smallest absolute Gasteiger partial charge is 0.226 e. The van der Waals surface area contributed by atoms with Crippen molar-refractivity contribution in [2.45, 2.75) is 63.8 Å². The molecule has 0 radical (unpaired) electrons. The van der Waals surface area contributed by atoms with Gasteiger partial charge in [-0.25, -0.2) is 0 Å². The molecule has 5 N–H and O–H groups in total. The quantitative estimate of drug-likeness (QED) is 0.255. The Kier molecular flexibility index (Phi) is 11.9. The van der Waals surface area contributed by atoms with E-state index in [0.29, 0.717) is 17.7 Å². The van der Waals surface area contributed by atoms with E-state index in [0.717, 1.165) is 103 Å². The molecule has 1 aromatic heterocycles. The molecule has 40 heavy (non-hydrogen) atoms. The van der Waals surface area contributed by atoms with Crippen LogP contribution in [0, 0.1) is 11.8 Å². The lowest BCUT2D eigenvalue weighted by atomic mass is 9.82. The Labute approximate surface area is 242 Å². The average molecular weight is 558 g/mol.